The van der Waals surface area contributed by atoms with Crippen LogP contribution in [0, 0.1) is 5.92 Å². The molecule has 0 saturated heterocycles. The van der Waals surface area contributed by atoms with Crippen molar-refractivity contribution in [2.75, 3.05) is 11.9 Å². The van der Waals surface area contributed by atoms with Crippen molar-refractivity contribution >= 4 is 5.82 Å². The molecular formula is C11H17N3O. The van der Waals surface area contributed by atoms with E-state index in [4.69, 9.17) is 0 Å². The Morgan fingerprint density at radius 2 is 2.33 bits per heavy atom. The lowest BCUT2D eigenvalue weighted by Crippen LogP contribution is -2.21. The van der Waals surface area contributed by atoms with E-state index >= 15 is 0 Å². The maximum atomic E-state index is 9.67. The molecule has 0 radical (unpaired) electrons. The molecule has 1 saturated carbocycles. The van der Waals surface area contributed by atoms with Gasteiger partial charge in [0, 0.05) is 18.3 Å². The number of aliphatic hydroxyl groups excluding tert-OH is 1. The summed E-state index contributed by atoms with van der Waals surface area (Å²) in [5, 5.41) is 12.8. The monoisotopic (exact) mass is 207 g/mol. The summed E-state index contributed by atoms with van der Waals surface area (Å²) in [5.41, 5.74) is 1.02. The van der Waals surface area contributed by atoms with Crippen LogP contribution in [-0.2, 0) is 6.42 Å². The summed E-state index contributed by atoms with van der Waals surface area (Å²) in [6.07, 6.45) is 4.55. The lowest BCUT2D eigenvalue weighted by atomic mass is 10.2. The average Bonchev–Trinajstić information content (AvgIpc) is 3.10. The van der Waals surface area contributed by atoms with Crippen LogP contribution in [0.15, 0.2) is 12.4 Å². The molecule has 1 aromatic heterocycles. The van der Waals surface area contributed by atoms with E-state index in [0.29, 0.717) is 12.5 Å². The Hall–Kier alpha value is -1.16. The maximum Gasteiger partial charge on any atom is 0.129 e. The molecule has 0 bridgehead atoms. The highest BCUT2D eigenvalue weighted by Gasteiger charge is 2.29. The number of hydrogen-bond acceptors (Lipinski definition) is 4. The van der Waals surface area contributed by atoms with E-state index in [-0.39, 0.29) is 6.10 Å². The number of aliphatic hydroxyl groups is 1. The van der Waals surface area contributed by atoms with Crippen LogP contribution in [0.5, 0.6) is 0 Å². The number of hydrogen-bond donors (Lipinski definition) is 2. The fourth-order valence-corrected chi connectivity index (χ4v) is 1.54. The molecule has 1 aromatic rings. The van der Waals surface area contributed by atoms with Crippen LogP contribution in [0.3, 0.4) is 0 Å². The Morgan fingerprint density at radius 1 is 1.53 bits per heavy atom. The smallest absolute Gasteiger partial charge is 0.129 e. The van der Waals surface area contributed by atoms with Crippen LogP contribution in [0.2, 0.25) is 0 Å². The van der Waals surface area contributed by atoms with E-state index in [1.807, 2.05) is 6.07 Å². The van der Waals surface area contributed by atoms with Gasteiger partial charge in [-0.1, -0.05) is 6.92 Å². The number of anilines is 1. The minimum Gasteiger partial charge on any atom is -0.391 e. The van der Waals surface area contributed by atoms with E-state index in [0.717, 1.165) is 30.8 Å². The molecule has 0 aromatic carbocycles. The normalized spacial score (nSPS) is 17.5. The molecule has 4 heteroatoms. The van der Waals surface area contributed by atoms with Gasteiger partial charge in [-0.25, -0.2) is 9.97 Å². The van der Waals surface area contributed by atoms with Crippen LogP contribution in [-0.4, -0.2) is 27.7 Å². The molecule has 0 amide bonds. The second-order valence-corrected chi connectivity index (χ2v) is 4.03. The van der Waals surface area contributed by atoms with E-state index in [1.165, 1.54) is 0 Å². The molecule has 1 aliphatic carbocycles. The SMILES string of the molecule is CCc1cc(NCC(O)C2CC2)ncn1. The van der Waals surface area contributed by atoms with Gasteiger partial charge >= 0.3 is 0 Å². The maximum absolute atomic E-state index is 9.67. The lowest BCUT2D eigenvalue weighted by molar-refractivity contribution is 0.164. The zero-order chi connectivity index (χ0) is 10.7. The summed E-state index contributed by atoms with van der Waals surface area (Å²) in [4.78, 5) is 8.22. The van der Waals surface area contributed by atoms with Gasteiger partial charge in [-0.2, -0.15) is 0 Å². The molecule has 0 spiro atoms. The van der Waals surface area contributed by atoms with Crippen molar-refractivity contribution in [2.45, 2.75) is 32.3 Å². The van der Waals surface area contributed by atoms with Crippen molar-refractivity contribution in [3.05, 3.63) is 18.1 Å². The predicted molar refractivity (Wildman–Crippen MR) is 58.6 cm³/mol. The third-order valence-corrected chi connectivity index (χ3v) is 2.74. The molecular weight excluding hydrogens is 190 g/mol. The Balaban J connectivity index is 1.86. The molecule has 1 unspecified atom stereocenters. The largest absolute Gasteiger partial charge is 0.391 e. The van der Waals surface area contributed by atoms with Gasteiger partial charge in [0.25, 0.3) is 0 Å². The highest BCUT2D eigenvalue weighted by atomic mass is 16.3. The summed E-state index contributed by atoms with van der Waals surface area (Å²) in [6.45, 7) is 2.65. The van der Waals surface area contributed by atoms with Crippen molar-refractivity contribution in [1.29, 1.82) is 0 Å². The average molecular weight is 207 g/mol. The van der Waals surface area contributed by atoms with Crippen molar-refractivity contribution in [1.82, 2.24) is 9.97 Å². The topological polar surface area (TPSA) is 58.0 Å². The van der Waals surface area contributed by atoms with E-state index < -0.39 is 0 Å². The first-order valence-corrected chi connectivity index (χ1v) is 5.52. The summed E-state index contributed by atoms with van der Waals surface area (Å²) in [7, 11) is 0. The fraction of sp³-hybridized carbons (Fsp3) is 0.636. The van der Waals surface area contributed by atoms with Gasteiger partial charge in [0.05, 0.1) is 6.10 Å². The Kier molecular flexibility index (Phi) is 3.16. The quantitative estimate of drug-likeness (QED) is 0.762. The van der Waals surface area contributed by atoms with Crippen molar-refractivity contribution in [2.24, 2.45) is 5.92 Å². The van der Waals surface area contributed by atoms with E-state index in [2.05, 4.69) is 22.2 Å². The molecule has 2 N–H and O–H groups in total. The van der Waals surface area contributed by atoms with Crippen molar-refractivity contribution in [3.63, 3.8) is 0 Å². The Morgan fingerprint density at radius 3 is 3.00 bits per heavy atom. The summed E-state index contributed by atoms with van der Waals surface area (Å²) >= 11 is 0. The highest BCUT2D eigenvalue weighted by molar-refractivity contribution is 5.34. The lowest BCUT2D eigenvalue weighted by Gasteiger charge is -2.11. The van der Waals surface area contributed by atoms with Gasteiger partial charge in [-0.05, 0) is 25.2 Å². The number of aryl methyl sites for hydroxylation is 1. The number of nitrogens with zero attached hydrogens (tertiary/aromatic N) is 2. The van der Waals surface area contributed by atoms with Gasteiger partial charge in [0.1, 0.15) is 12.1 Å². The first-order valence-electron chi connectivity index (χ1n) is 5.52. The second-order valence-electron chi connectivity index (χ2n) is 4.03. The van der Waals surface area contributed by atoms with Crippen LogP contribution in [0.25, 0.3) is 0 Å². The highest BCUT2D eigenvalue weighted by Crippen LogP contribution is 2.32. The summed E-state index contributed by atoms with van der Waals surface area (Å²) in [6, 6.07) is 1.93. The van der Waals surface area contributed by atoms with Gasteiger partial charge in [-0.15, -0.1) is 0 Å². The van der Waals surface area contributed by atoms with Crippen molar-refractivity contribution in [3.8, 4) is 0 Å². The number of nitrogens with one attached hydrogen (secondary N) is 1. The minimum absolute atomic E-state index is 0.231. The van der Waals surface area contributed by atoms with Crippen molar-refractivity contribution < 1.29 is 5.11 Å². The molecule has 1 atom stereocenters. The first kappa shape index (κ1) is 10.4. The van der Waals surface area contributed by atoms with E-state index in [1.54, 1.807) is 6.33 Å². The molecule has 2 rings (SSSR count). The summed E-state index contributed by atoms with van der Waals surface area (Å²) in [5.74, 6) is 1.31. The zero-order valence-corrected chi connectivity index (χ0v) is 8.98. The molecule has 15 heavy (non-hydrogen) atoms. The zero-order valence-electron chi connectivity index (χ0n) is 8.98. The third kappa shape index (κ3) is 2.89. The van der Waals surface area contributed by atoms with Gasteiger partial charge in [-0.3, -0.25) is 0 Å². The number of rotatable bonds is 5. The molecule has 82 valence electrons. The van der Waals surface area contributed by atoms with Crippen LogP contribution >= 0.6 is 0 Å². The van der Waals surface area contributed by atoms with Gasteiger partial charge in [0.15, 0.2) is 0 Å². The fourth-order valence-electron chi connectivity index (χ4n) is 1.54. The molecule has 1 aliphatic rings. The number of aromatic nitrogens is 2. The Bertz CT molecular complexity index is 325. The molecule has 4 nitrogen and oxygen atoms in total. The standard InChI is InChI=1S/C11H17N3O/c1-2-9-5-11(14-7-13-9)12-6-10(15)8-3-4-8/h5,7-8,10,15H,2-4,6H2,1H3,(H,12,13,14). The first-order chi connectivity index (χ1) is 7.29. The van der Waals surface area contributed by atoms with Crippen LogP contribution in [0.1, 0.15) is 25.5 Å². The minimum atomic E-state index is -0.231. The van der Waals surface area contributed by atoms with E-state index in [9.17, 15) is 5.11 Å². The third-order valence-electron chi connectivity index (χ3n) is 2.74. The molecule has 0 aliphatic heterocycles. The Labute approximate surface area is 89.8 Å². The molecule has 1 heterocycles. The van der Waals surface area contributed by atoms with Crippen LogP contribution < -0.4 is 5.32 Å². The predicted octanol–water partition coefficient (Wildman–Crippen LogP) is 1.22. The summed E-state index contributed by atoms with van der Waals surface area (Å²) < 4.78 is 0. The molecule has 1 fully saturated rings. The second kappa shape index (κ2) is 4.57. The van der Waals surface area contributed by atoms with Gasteiger partial charge in [0.2, 0.25) is 0 Å². The van der Waals surface area contributed by atoms with Crippen LogP contribution in [0.4, 0.5) is 5.82 Å². The van der Waals surface area contributed by atoms with Gasteiger partial charge < -0.3 is 10.4 Å².